The van der Waals surface area contributed by atoms with Gasteiger partial charge in [0, 0.05) is 24.7 Å². The van der Waals surface area contributed by atoms with Gasteiger partial charge in [0.15, 0.2) is 5.78 Å². The van der Waals surface area contributed by atoms with E-state index < -0.39 is 0 Å². The van der Waals surface area contributed by atoms with Crippen LogP contribution in [0.4, 0.5) is 4.79 Å². The van der Waals surface area contributed by atoms with Gasteiger partial charge in [-0.25, -0.2) is 4.79 Å². The van der Waals surface area contributed by atoms with Crippen LogP contribution in [0.3, 0.4) is 0 Å². The largest absolute Gasteiger partial charge is 0.449 e. The lowest BCUT2D eigenvalue weighted by atomic mass is 10.1. The van der Waals surface area contributed by atoms with Gasteiger partial charge in [-0.1, -0.05) is 13.3 Å². The van der Waals surface area contributed by atoms with Crippen molar-refractivity contribution in [1.29, 1.82) is 0 Å². The fourth-order valence-electron chi connectivity index (χ4n) is 1.40. The molecule has 0 spiro atoms. The van der Waals surface area contributed by atoms with Crippen LogP contribution in [0.25, 0.3) is 0 Å². The molecule has 15 heavy (non-hydrogen) atoms. The quantitative estimate of drug-likeness (QED) is 0.671. The van der Waals surface area contributed by atoms with Crippen molar-refractivity contribution in [3.63, 3.8) is 0 Å². The first-order valence-corrected chi connectivity index (χ1v) is 5.30. The van der Waals surface area contributed by atoms with Crippen molar-refractivity contribution in [2.75, 3.05) is 13.2 Å². The Bertz CT molecular complexity index is 284. The summed E-state index contributed by atoms with van der Waals surface area (Å²) in [7, 11) is 0. The van der Waals surface area contributed by atoms with Crippen LogP contribution in [0, 0.1) is 0 Å². The summed E-state index contributed by atoms with van der Waals surface area (Å²) < 4.78 is 5.06. The molecule has 0 aromatic carbocycles. The van der Waals surface area contributed by atoms with Crippen molar-refractivity contribution in [3.8, 4) is 0 Å². The maximum absolute atomic E-state index is 11.5. The van der Waals surface area contributed by atoms with Crippen LogP contribution in [0.15, 0.2) is 11.8 Å². The standard InChI is InChI=1S/C11H17NO3/c1-3-4-7-15-11(14)12-6-5-10(13)8-9(12)2/h8H,3-7H2,1-2H3. The lowest BCUT2D eigenvalue weighted by Gasteiger charge is -2.25. The minimum Gasteiger partial charge on any atom is -0.449 e. The van der Waals surface area contributed by atoms with E-state index in [1.807, 2.05) is 6.92 Å². The van der Waals surface area contributed by atoms with Crippen LogP contribution < -0.4 is 0 Å². The zero-order valence-corrected chi connectivity index (χ0v) is 9.28. The number of amides is 1. The molecular weight excluding hydrogens is 194 g/mol. The van der Waals surface area contributed by atoms with Gasteiger partial charge in [-0.2, -0.15) is 0 Å². The molecule has 0 radical (unpaired) electrons. The number of allylic oxidation sites excluding steroid dienone is 2. The predicted octanol–water partition coefficient (Wildman–Crippen LogP) is 2.10. The number of hydrogen-bond donors (Lipinski definition) is 0. The molecule has 1 aliphatic rings. The highest BCUT2D eigenvalue weighted by Crippen LogP contribution is 2.13. The summed E-state index contributed by atoms with van der Waals surface area (Å²) >= 11 is 0. The highest BCUT2D eigenvalue weighted by atomic mass is 16.6. The number of hydrogen-bond acceptors (Lipinski definition) is 3. The second-order valence-electron chi connectivity index (χ2n) is 3.62. The molecule has 1 aliphatic heterocycles. The number of carbonyl (C=O) groups is 2. The highest BCUT2D eigenvalue weighted by molar-refractivity contribution is 5.92. The minimum absolute atomic E-state index is 0.0742. The zero-order valence-electron chi connectivity index (χ0n) is 9.28. The fraction of sp³-hybridized carbons (Fsp3) is 0.636. The van der Waals surface area contributed by atoms with Gasteiger partial charge in [-0.05, 0) is 13.3 Å². The third-order valence-corrected chi connectivity index (χ3v) is 2.32. The van der Waals surface area contributed by atoms with Gasteiger partial charge in [-0.3, -0.25) is 9.69 Å². The highest BCUT2D eigenvalue weighted by Gasteiger charge is 2.21. The van der Waals surface area contributed by atoms with E-state index >= 15 is 0 Å². The molecule has 0 N–H and O–H groups in total. The van der Waals surface area contributed by atoms with E-state index in [9.17, 15) is 9.59 Å². The third kappa shape index (κ3) is 3.38. The average molecular weight is 211 g/mol. The zero-order chi connectivity index (χ0) is 11.3. The molecular formula is C11H17NO3. The van der Waals surface area contributed by atoms with Gasteiger partial charge in [-0.15, -0.1) is 0 Å². The van der Waals surface area contributed by atoms with Crippen molar-refractivity contribution >= 4 is 11.9 Å². The third-order valence-electron chi connectivity index (χ3n) is 2.32. The number of nitrogens with zero attached hydrogens (tertiary/aromatic N) is 1. The molecule has 0 saturated heterocycles. The summed E-state index contributed by atoms with van der Waals surface area (Å²) in [6, 6.07) is 0. The van der Waals surface area contributed by atoms with Crippen molar-refractivity contribution in [1.82, 2.24) is 4.90 Å². The molecule has 0 aromatic heterocycles. The van der Waals surface area contributed by atoms with Gasteiger partial charge < -0.3 is 4.74 Å². The molecule has 1 amide bonds. The number of ketones is 1. The van der Waals surface area contributed by atoms with Crippen LogP contribution in [0.2, 0.25) is 0 Å². The Balaban J connectivity index is 2.46. The van der Waals surface area contributed by atoms with Crippen LogP contribution in [0.1, 0.15) is 33.1 Å². The number of rotatable bonds is 3. The fourth-order valence-corrected chi connectivity index (χ4v) is 1.40. The molecule has 0 atom stereocenters. The lowest BCUT2D eigenvalue weighted by molar-refractivity contribution is -0.115. The molecule has 0 bridgehead atoms. The molecule has 4 nitrogen and oxygen atoms in total. The predicted molar refractivity (Wildman–Crippen MR) is 56.3 cm³/mol. The number of carbonyl (C=O) groups excluding carboxylic acids is 2. The SMILES string of the molecule is CCCCOC(=O)N1CCC(=O)C=C1C. The van der Waals surface area contributed by atoms with Crippen molar-refractivity contribution in [2.45, 2.75) is 33.1 Å². The maximum Gasteiger partial charge on any atom is 0.414 e. The Labute approximate surface area is 89.9 Å². The average Bonchev–Trinajstić information content (AvgIpc) is 2.17. The number of unbranched alkanes of at least 4 members (excludes halogenated alkanes) is 1. The van der Waals surface area contributed by atoms with Gasteiger partial charge in [0.25, 0.3) is 0 Å². The number of ether oxygens (including phenoxy) is 1. The molecule has 4 heteroatoms. The molecule has 0 aliphatic carbocycles. The normalized spacial score (nSPS) is 16.3. The van der Waals surface area contributed by atoms with E-state index in [1.165, 1.54) is 11.0 Å². The van der Waals surface area contributed by atoms with E-state index in [-0.39, 0.29) is 11.9 Å². The second kappa shape index (κ2) is 5.53. The molecule has 1 rings (SSSR count). The first-order valence-electron chi connectivity index (χ1n) is 5.30. The summed E-state index contributed by atoms with van der Waals surface area (Å²) in [5.41, 5.74) is 0.674. The van der Waals surface area contributed by atoms with Crippen molar-refractivity contribution < 1.29 is 14.3 Å². The van der Waals surface area contributed by atoms with Gasteiger partial charge in [0.2, 0.25) is 0 Å². The van der Waals surface area contributed by atoms with E-state index in [2.05, 4.69) is 0 Å². The van der Waals surface area contributed by atoms with Crippen LogP contribution in [0.5, 0.6) is 0 Å². The monoisotopic (exact) mass is 211 g/mol. The topological polar surface area (TPSA) is 46.6 Å². The molecule has 0 fully saturated rings. The Morgan fingerprint density at radius 2 is 2.33 bits per heavy atom. The first-order chi connectivity index (χ1) is 7.15. The summed E-state index contributed by atoms with van der Waals surface area (Å²) in [6.07, 6.45) is 3.41. The van der Waals surface area contributed by atoms with E-state index in [0.29, 0.717) is 25.3 Å². The van der Waals surface area contributed by atoms with Crippen molar-refractivity contribution in [3.05, 3.63) is 11.8 Å². The van der Waals surface area contributed by atoms with Gasteiger partial charge >= 0.3 is 6.09 Å². The smallest absolute Gasteiger partial charge is 0.414 e. The maximum atomic E-state index is 11.5. The van der Waals surface area contributed by atoms with Crippen molar-refractivity contribution in [2.24, 2.45) is 0 Å². The summed E-state index contributed by atoms with van der Waals surface area (Å²) in [5, 5.41) is 0. The first kappa shape index (κ1) is 11.8. The Kier molecular flexibility index (Phi) is 4.34. The van der Waals surface area contributed by atoms with Gasteiger partial charge in [0.05, 0.1) is 6.61 Å². The summed E-state index contributed by atoms with van der Waals surface area (Å²) in [6.45, 7) is 4.68. The van der Waals surface area contributed by atoms with E-state index in [4.69, 9.17) is 4.74 Å². The minimum atomic E-state index is -0.343. The summed E-state index contributed by atoms with van der Waals surface area (Å²) in [5.74, 6) is 0.0742. The van der Waals surface area contributed by atoms with Gasteiger partial charge in [0.1, 0.15) is 0 Å². The molecule has 0 saturated carbocycles. The summed E-state index contributed by atoms with van der Waals surface area (Å²) in [4.78, 5) is 24.1. The molecule has 1 heterocycles. The molecule has 0 unspecified atom stereocenters. The van der Waals surface area contributed by atoms with Crippen LogP contribution >= 0.6 is 0 Å². The van der Waals surface area contributed by atoms with E-state index in [0.717, 1.165) is 12.8 Å². The Morgan fingerprint density at radius 3 is 2.93 bits per heavy atom. The Morgan fingerprint density at radius 1 is 1.60 bits per heavy atom. The molecule has 0 aromatic rings. The van der Waals surface area contributed by atoms with E-state index in [1.54, 1.807) is 6.92 Å². The lowest BCUT2D eigenvalue weighted by Crippen LogP contribution is -2.35. The van der Waals surface area contributed by atoms with Crippen LogP contribution in [-0.2, 0) is 9.53 Å². The Hall–Kier alpha value is -1.32. The second-order valence-corrected chi connectivity index (χ2v) is 3.62. The molecule has 84 valence electrons. The van der Waals surface area contributed by atoms with Crippen LogP contribution in [-0.4, -0.2) is 29.9 Å².